The van der Waals surface area contributed by atoms with Crippen LogP contribution in [0.15, 0.2) is 188 Å². The van der Waals surface area contributed by atoms with Crippen LogP contribution >= 0.6 is 0 Å². The minimum absolute atomic E-state index is 1.11. The average Bonchev–Trinajstić information content (AvgIpc) is 3.65. The Kier molecular flexibility index (Phi) is 8.82. The molecule has 0 saturated heterocycles. The van der Waals surface area contributed by atoms with Crippen molar-refractivity contribution >= 4 is 138 Å². The molecule has 0 aliphatic heterocycles. The maximum Gasteiger partial charge on any atom is 0.139 e. The van der Waals surface area contributed by atoms with Crippen molar-refractivity contribution < 1.29 is 0 Å². The minimum Gasteiger partial charge on any atom is -0.310 e. The fraction of sp³-hybridized carbons (Fsp3) is 0. The summed E-state index contributed by atoms with van der Waals surface area (Å²) in [4.78, 5) is 2.40. The van der Waals surface area contributed by atoms with Crippen LogP contribution in [0.1, 0.15) is 0 Å². The molecule has 0 fully saturated rings. The molecular weight excluding hydrogens is 731 g/mol. The average molecular weight is 772 g/mol. The maximum absolute atomic E-state index is 2.45. The quantitative estimate of drug-likeness (QED) is 0.142. The molecule has 0 bridgehead atoms. The van der Waals surface area contributed by atoms with Gasteiger partial charge in [-0.25, -0.2) is 0 Å². The Morgan fingerprint density at radius 2 is 0.820 bits per heavy atom. The van der Waals surface area contributed by atoms with Crippen LogP contribution < -0.4 is 32.2 Å². The number of para-hydroxylation sites is 1. The van der Waals surface area contributed by atoms with Gasteiger partial charge in [0.2, 0.25) is 0 Å². The number of anilines is 3. The summed E-state index contributed by atoms with van der Waals surface area (Å²) in [6, 6.07) is 69.4. The molecule has 0 saturated carbocycles. The summed E-state index contributed by atoms with van der Waals surface area (Å²) >= 11 is 0. The second-order valence-electron chi connectivity index (χ2n) is 16.7. The standard InChI is InChI=1S/C54H41B5N2/c55-49-48(50(56)52(58)53(59)51(49)57)36-19-25-40(26-20-36)60(41-27-18-35-15-14-33-8-4-6-12-42(33)46(35)31-41)39-23-16-32(17-24-39)37-22-28-44-45-29-21-34-9-5-7-13-43(34)54(45)61(47(44)30-37)38-10-2-1-3-11-38/h1-31H,55-59H2. The molecule has 0 aliphatic carbocycles. The lowest BCUT2D eigenvalue weighted by atomic mass is 9.60. The topological polar surface area (TPSA) is 8.17 Å². The van der Waals surface area contributed by atoms with Crippen molar-refractivity contribution in [2.24, 2.45) is 0 Å². The molecule has 282 valence electrons. The van der Waals surface area contributed by atoms with E-state index in [1.54, 1.807) is 0 Å². The molecule has 2 nitrogen and oxygen atoms in total. The molecular formula is C54H41B5N2. The van der Waals surface area contributed by atoms with Gasteiger partial charge in [-0.3, -0.25) is 0 Å². The van der Waals surface area contributed by atoms with Crippen LogP contribution in [0.3, 0.4) is 0 Å². The number of hydrogen-bond donors (Lipinski definition) is 0. The van der Waals surface area contributed by atoms with E-state index < -0.39 is 0 Å². The van der Waals surface area contributed by atoms with Gasteiger partial charge < -0.3 is 9.47 Å². The lowest BCUT2D eigenvalue weighted by Crippen LogP contribution is -2.55. The van der Waals surface area contributed by atoms with Crippen molar-refractivity contribution in [3.63, 3.8) is 0 Å². The van der Waals surface area contributed by atoms with Gasteiger partial charge in [0.1, 0.15) is 39.2 Å². The van der Waals surface area contributed by atoms with Crippen molar-refractivity contribution in [1.29, 1.82) is 0 Å². The molecule has 0 amide bonds. The lowest BCUT2D eigenvalue weighted by molar-refractivity contribution is 1.19. The highest BCUT2D eigenvalue weighted by Gasteiger charge is 2.19. The van der Waals surface area contributed by atoms with E-state index in [2.05, 4.69) is 237 Å². The van der Waals surface area contributed by atoms with Crippen molar-refractivity contribution in [2.45, 2.75) is 0 Å². The molecule has 11 rings (SSSR count). The van der Waals surface area contributed by atoms with E-state index in [1.807, 2.05) is 0 Å². The molecule has 0 N–H and O–H groups in total. The van der Waals surface area contributed by atoms with E-state index in [-0.39, 0.29) is 0 Å². The second-order valence-corrected chi connectivity index (χ2v) is 16.7. The predicted octanol–water partition coefficient (Wildman–Crippen LogP) is 6.34. The highest BCUT2D eigenvalue weighted by molar-refractivity contribution is 6.68. The van der Waals surface area contributed by atoms with Gasteiger partial charge in [0.25, 0.3) is 0 Å². The zero-order valence-corrected chi connectivity index (χ0v) is 35.3. The fourth-order valence-electron chi connectivity index (χ4n) is 9.89. The van der Waals surface area contributed by atoms with Crippen molar-refractivity contribution in [3.05, 3.63) is 188 Å². The Balaban J connectivity index is 1.05. The summed E-state index contributed by atoms with van der Waals surface area (Å²) in [7, 11) is 11.3. The van der Waals surface area contributed by atoms with E-state index in [0.717, 1.165) is 22.7 Å². The Bertz CT molecular complexity index is 3490. The van der Waals surface area contributed by atoms with Crippen LogP contribution in [0.5, 0.6) is 0 Å². The van der Waals surface area contributed by atoms with Gasteiger partial charge in [-0.05, 0) is 104 Å². The van der Waals surface area contributed by atoms with Crippen molar-refractivity contribution in [1.82, 2.24) is 4.57 Å². The highest BCUT2D eigenvalue weighted by atomic mass is 15.1. The van der Waals surface area contributed by atoms with Gasteiger partial charge >= 0.3 is 0 Å². The molecule has 1 aromatic heterocycles. The molecule has 0 atom stereocenters. The molecule has 0 spiro atoms. The molecule has 7 heteroatoms. The SMILES string of the molecule is Bc1c(B)c(B)c(-c2ccc(N(c3ccc(-c4ccc5c6ccc7ccccc7c6n(-c6ccccc6)c5c4)cc3)c3ccc4ccc5ccccc5c4c3)cc2)c(B)c1B. The summed E-state index contributed by atoms with van der Waals surface area (Å²) in [6.45, 7) is 0. The summed E-state index contributed by atoms with van der Waals surface area (Å²) in [6.07, 6.45) is 0. The highest BCUT2D eigenvalue weighted by Crippen LogP contribution is 2.41. The number of nitrogens with zero attached hydrogens (tertiary/aromatic N) is 2. The van der Waals surface area contributed by atoms with Crippen LogP contribution in [0.4, 0.5) is 17.1 Å². The van der Waals surface area contributed by atoms with Gasteiger partial charge in [0.05, 0.1) is 11.0 Å². The lowest BCUT2D eigenvalue weighted by Gasteiger charge is -2.27. The third-order valence-corrected chi connectivity index (χ3v) is 13.5. The Hall–Kier alpha value is -7.10. The smallest absolute Gasteiger partial charge is 0.139 e. The number of benzene rings is 10. The Labute approximate surface area is 361 Å². The number of fused-ring (bicyclic) bond motifs is 8. The van der Waals surface area contributed by atoms with E-state index in [1.165, 1.54) is 104 Å². The van der Waals surface area contributed by atoms with E-state index >= 15 is 0 Å². The number of aromatic nitrogens is 1. The number of hydrogen-bond acceptors (Lipinski definition) is 1. The molecule has 61 heavy (non-hydrogen) atoms. The molecule has 0 radical (unpaired) electrons. The van der Waals surface area contributed by atoms with E-state index in [0.29, 0.717) is 0 Å². The van der Waals surface area contributed by atoms with Crippen LogP contribution in [0, 0.1) is 0 Å². The molecule has 1 heterocycles. The minimum atomic E-state index is 1.11. The third-order valence-electron chi connectivity index (χ3n) is 13.5. The van der Waals surface area contributed by atoms with Crippen molar-refractivity contribution in [3.8, 4) is 27.9 Å². The normalized spacial score (nSPS) is 11.6. The van der Waals surface area contributed by atoms with Crippen molar-refractivity contribution in [2.75, 3.05) is 4.90 Å². The van der Waals surface area contributed by atoms with Gasteiger partial charge in [-0.15, -0.1) is 16.4 Å². The first kappa shape index (κ1) is 36.9. The van der Waals surface area contributed by atoms with Gasteiger partial charge in [0, 0.05) is 38.9 Å². The summed E-state index contributed by atoms with van der Waals surface area (Å²) < 4.78 is 2.45. The summed E-state index contributed by atoms with van der Waals surface area (Å²) in [5.41, 5.74) is 18.8. The third kappa shape index (κ3) is 6.02. The van der Waals surface area contributed by atoms with Crippen LogP contribution in [0.2, 0.25) is 0 Å². The number of rotatable bonds is 6. The van der Waals surface area contributed by atoms with Gasteiger partial charge in [0.15, 0.2) is 0 Å². The van der Waals surface area contributed by atoms with E-state index in [9.17, 15) is 0 Å². The summed E-state index contributed by atoms with van der Waals surface area (Å²) in [5, 5.41) is 10.0. The first-order valence-corrected chi connectivity index (χ1v) is 21.3. The maximum atomic E-state index is 2.45. The largest absolute Gasteiger partial charge is 0.310 e. The first-order valence-electron chi connectivity index (χ1n) is 21.3. The second kappa shape index (κ2) is 14.6. The van der Waals surface area contributed by atoms with E-state index in [4.69, 9.17) is 0 Å². The van der Waals surface area contributed by atoms with Gasteiger partial charge in [-0.2, -0.15) is 0 Å². The van der Waals surface area contributed by atoms with Gasteiger partial charge in [-0.1, -0.05) is 144 Å². The predicted molar refractivity (Wildman–Crippen MR) is 280 cm³/mol. The molecule has 11 aromatic rings. The Morgan fingerprint density at radius 1 is 0.328 bits per heavy atom. The fourth-order valence-corrected chi connectivity index (χ4v) is 9.89. The Morgan fingerprint density at radius 3 is 1.51 bits per heavy atom. The van der Waals surface area contributed by atoms with Crippen LogP contribution in [0.25, 0.3) is 82.1 Å². The molecule has 10 aromatic carbocycles. The zero-order chi connectivity index (χ0) is 41.4. The summed E-state index contributed by atoms with van der Waals surface area (Å²) in [5.74, 6) is 0. The van der Waals surface area contributed by atoms with Crippen LogP contribution in [-0.2, 0) is 0 Å². The molecule has 0 aliphatic rings. The monoisotopic (exact) mass is 772 g/mol. The molecule has 0 unspecified atom stereocenters. The van der Waals surface area contributed by atoms with Crippen LogP contribution in [-0.4, -0.2) is 43.8 Å². The first-order chi connectivity index (χ1) is 29.8. The zero-order valence-electron chi connectivity index (χ0n) is 35.3.